The third kappa shape index (κ3) is 4.99. The van der Waals surface area contributed by atoms with E-state index in [-0.39, 0.29) is 17.1 Å². The lowest BCUT2D eigenvalue weighted by molar-refractivity contribution is -0.136. The number of methoxy groups -OCH3 is 2. The second-order valence-electron chi connectivity index (χ2n) is 8.27. The van der Waals surface area contributed by atoms with Crippen LogP contribution < -0.4 is 14.4 Å². The van der Waals surface area contributed by atoms with Crippen molar-refractivity contribution in [1.82, 2.24) is 0 Å². The monoisotopic (exact) mass is 503 g/mol. The second-order valence-corrected chi connectivity index (χ2v) is 8.68. The number of halogens is 1. The number of anilines is 1. The summed E-state index contributed by atoms with van der Waals surface area (Å²) in [5, 5.41) is 0.529. The van der Waals surface area contributed by atoms with Crippen LogP contribution in [-0.4, -0.2) is 26.1 Å². The number of carbonyl (C=O) groups is 2. The normalized spacial score (nSPS) is 14.4. The summed E-state index contributed by atoms with van der Waals surface area (Å²) in [4.78, 5) is 27.7. The minimum absolute atomic E-state index is 0.197. The van der Waals surface area contributed by atoms with Gasteiger partial charge >= 0.3 is 5.97 Å². The Morgan fingerprint density at radius 3 is 2.39 bits per heavy atom. The highest BCUT2D eigenvalue weighted by atomic mass is 35.5. The van der Waals surface area contributed by atoms with E-state index in [0.29, 0.717) is 40.1 Å². The molecule has 0 aromatic heterocycles. The summed E-state index contributed by atoms with van der Waals surface area (Å²) < 4.78 is 16.5. The van der Waals surface area contributed by atoms with Crippen molar-refractivity contribution < 1.29 is 23.8 Å². The van der Waals surface area contributed by atoms with Gasteiger partial charge in [0.15, 0.2) is 11.5 Å². The molecular weight excluding hydrogens is 478 g/mol. The summed E-state index contributed by atoms with van der Waals surface area (Å²) in [7, 11) is 2.84. The quantitative estimate of drug-likeness (QED) is 0.287. The van der Waals surface area contributed by atoms with Gasteiger partial charge in [0.25, 0.3) is 5.91 Å². The Labute approximate surface area is 215 Å². The number of nitrogens with zero attached hydrogens (tertiary/aromatic N) is 1. The van der Waals surface area contributed by atoms with Crippen LogP contribution in [0.4, 0.5) is 5.69 Å². The summed E-state index contributed by atoms with van der Waals surface area (Å²) in [5.41, 5.74) is 4.04. The van der Waals surface area contributed by atoms with Crippen molar-refractivity contribution in [3.8, 4) is 11.5 Å². The predicted octanol–water partition coefficient (Wildman–Crippen LogP) is 6.11. The van der Waals surface area contributed by atoms with Gasteiger partial charge in [0.2, 0.25) is 0 Å². The van der Waals surface area contributed by atoms with E-state index in [1.807, 2.05) is 43.3 Å². The Morgan fingerprint density at radius 2 is 1.72 bits per heavy atom. The van der Waals surface area contributed by atoms with Crippen molar-refractivity contribution in [2.75, 3.05) is 19.1 Å². The molecule has 1 aliphatic rings. The number of ether oxygens (including phenoxy) is 3. The molecule has 1 amide bonds. The van der Waals surface area contributed by atoms with Crippen molar-refractivity contribution in [3.63, 3.8) is 0 Å². The van der Waals surface area contributed by atoms with Crippen molar-refractivity contribution >= 4 is 35.2 Å². The molecule has 1 aliphatic heterocycles. The second kappa shape index (κ2) is 10.7. The zero-order chi connectivity index (χ0) is 25.8. The van der Waals surface area contributed by atoms with Crippen molar-refractivity contribution in [2.24, 2.45) is 0 Å². The third-order valence-corrected chi connectivity index (χ3v) is 6.35. The van der Waals surface area contributed by atoms with Crippen LogP contribution in [0.25, 0.3) is 6.08 Å². The fraction of sp³-hybridized carbons (Fsp3) is 0.172. The maximum absolute atomic E-state index is 13.5. The molecule has 0 N–H and O–H groups in total. The number of aryl methyl sites for hydroxylation is 1. The fourth-order valence-electron chi connectivity index (χ4n) is 4.01. The molecule has 4 rings (SSSR count). The van der Waals surface area contributed by atoms with Gasteiger partial charge in [-0.05, 0) is 60.9 Å². The highest BCUT2D eigenvalue weighted by Crippen LogP contribution is 2.38. The van der Waals surface area contributed by atoms with Crippen LogP contribution in [-0.2, 0) is 20.9 Å². The highest BCUT2D eigenvalue weighted by molar-refractivity contribution is 6.32. The zero-order valence-electron chi connectivity index (χ0n) is 20.5. The predicted molar refractivity (Wildman–Crippen MR) is 140 cm³/mol. The minimum atomic E-state index is -0.595. The van der Waals surface area contributed by atoms with E-state index >= 15 is 0 Å². The minimum Gasteiger partial charge on any atom is -0.493 e. The van der Waals surface area contributed by atoms with Crippen LogP contribution >= 0.6 is 11.6 Å². The smallest absolute Gasteiger partial charge is 0.340 e. The van der Waals surface area contributed by atoms with Gasteiger partial charge in [-0.25, -0.2) is 4.79 Å². The van der Waals surface area contributed by atoms with Crippen LogP contribution in [0.2, 0.25) is 5.02 Å². The van der Waals surface area contributed by atoms with Crippen molar-refractivity contribution in [2.45, 2.75) is 20.5 Å². The van der Waals surface area contributed by atoms with Crippen LogP contribution in [0.5, 0.6) is 11.5 Å². The first kappa shape index (κ1) is 25.1. The summed E-state index contributed by atoms with van der Waals surface area (Å²) in [6, 6.07) is 20.5. The van der Waals surface area contributed by atoms with E-state index < -0.39 is 5.97 Å². The van der Waals surface area contributed by atoms with Crippen LogP contribution in [0.3, 0.4) is 0 Å². The van der Waals surface area contributed by atoms with E-state index in [1.165, 1.54) is 12.0 Å². The number of allylic oxidation sites excluding steroid dienone is 1. The third-order valence-electron chi connectivity index (χ3n) is 5.94. The lowest BCUT2D eigenvalue weighted by Crippen LogP contribution is -2.24. The van der Waals surface area contributed by atoms with E-state index in [1.54, 1.807) is 50.4 Å². The molecule has 3 aromatic carbocycles. The molecule has 0 fully saturated rings. The standard InChI is InChI=1S/C29H26ClNO5/c1-18-10-12-22(16-24(18)30)31-19(2)27(29(33)35-4)23(28(31)32)14-21-11-13-25(26(15-21)34-3)36-17-20-8-6-5-7-9-20/h5-16H,17H2,1-4H3/b23-14-. The van der Waals surface area contributed by atoms with Crippen LogP contribution in [0.15, 0.2) is 83.6 Å². The summed E-state index contributed by atoms with van der Waals surface area (Å²) in [6.07, 6.45) is 1.65. The molecular formula is C29H26ClNO5. The van der Waals surface area contributed by atoms with Gasteiger partial charge in [-0.3, -0.25) is 9.69 Å². The molecule has 184 valence electrons. The first-order valence-electron chi connectivity index (χ1n) is 11.3. The Bertz CT molecular complexity index is 1380. The molecule has 7 heteroatoms. The summed E-state index contributed by atoms with van der Waals surface area (Å²) in [5.74, 6) is 0.129. The number of rotatable bonds is 7. The topological polar surface area (TPSA) is 65.1 Å². The largest absolute Gasteiger partial charge is 0.493 e. The molecule has 0 atom stereocenters. The van der Waals surface area contributed by atoms with Gasteiger partial charge in [0.05, 0.1) is 31.1 Å². The van der Waals surface area contributed by atoms with Gasteiger partial charge in [-0.15, -0.1) is 0 Å². The van der Waals surface area contributed by atoms with Gasteiger partial charge in [0, 0.05) is 10.7 Å². The van der Waals surface area contributed by atoms with E-state index in [2.05, 4.69) is 0 Å². The highest BCUT2D eigenvalue weighted by Gasteiger charge is 2.38. The Kier molecular flexibility index (Phi) is 7.46. The average molecular weight is 504 g/mol. The SMILES string of the molecule is COC(=O)C1=C(C)N(c2ccc(C)c(Cl)c2)C(=O)/C1=C\c1ccc(OCc2ccccc2)c(OC)c1. The molecule has 6 nitrogen and oxygen atoms in total. The molecule has 0 spiro atoms. The molecule has 3 aromatic rings. The number of hydrogen-bond donors (Lipinski definition) is 0. The van der Waals surface area contributed by atoms with E-state index in [4.69, 9.17) is 25.8 Å². The molecule has 1 heterocycles. The lowest BCUT2D eigenvalue weighted by atomic mass is 10.0. The molecule has 0 saturated heterocycles. The number of amides is 1. The number of hydrogen-bond acceptors (Lipinski definition) is 5. The number of benzene rings is 3. The fourth-order valence-corrected chi connectivity index (χ4v) is 4.18. The van der Waals surface area contributed by atoms with Crippen molar-refractivity contribution in [3.05, 3.63) is 105 Å². The Morgan fingerprint density at radius 1 is 0.972 bits per heavy atom. The van der Waals surface area contributed by atoms with Gasteiger partial charge in [-0.1, -0.05) is 54.1 Å². The van der Waals surface area contributed by atoms with E-state index in [9.17, 15) is 9.59 Å². The summed E-state index contributed by atoms with van der Waals surface area (Å²) in [6.45, 7) is 3.98. The summed E-state index contributed by atoms with van der Waals surface area (Å²) >= 11 is 6.31. The van der Waals surface area contributed by atoms with Crippen molar-refractivity contribution in [1.29, 1.82) is 0 Å². The van der Waals surface area contributed by atoms with Gasteiger partial charge in [-0.2, -0.15) is 0 Å². The molecule has 0 bridgehead atoms. The molecule has 0 aliphatic carbocycles. The molecule has 0 saturated carbocycles. The van der Waals surface area contributed by atoms with Crippen LogP contribution in [0, 0.1) is 6.92 Å². The lowest BCUT2D eigenvalue weighted by Gasteiger charge is -2.18. The maximum atomic E-state index is 13.5. The van der Waals surface area contributed by atoms with Gasteiger partial charge in [0.1, 0.15) is 6.61 Å². The Balaban J connectivity index is 1.69. The zero-order valence-corrected chi connectivity index (χ0v) is 21.3. The first-order chi connectivity index (χ1) is 17.3. The first-order valence-corrected chi connectivity index (χ1v) is 11.7. The molecule has 0 radical (unpaired) electrons. The Hall–Kier alpha value is -4.03. The molecule has 36 heavy (non-hydrogen) atoms. The van der Waals surface area contributed by atoms with Gasteiger partial charge < -0.3 is 14.2 Å². The number of esters is 1. The average Bonchev–Trinajstić information content (AvgIpc) is 3.13. The molecule has 0 unspecified atom stereocenters. The van der Waals surface area contributed by atoms with E-state index in [0.717, 1.165) is 11.1 Å². The number of carbonyl (C=O) groups excluding carboxylic acids is 2. The maximum Gasteiger partial charge on any atom is 0.340 e. The van der Waals surface area contributed by atoms with Crippen LogP contribution in [0.1, 0.15) is 23.6 Å².